The molecule has 0 radical (unpaired) electrons. The molecule has 40 heavy (non-hydrogen) atoms. The Morgan fingerprint density at radius 2 is 1.50 bits per heavy atom. The number of hydrogen-bond acceptors (Lipinski definition) is 5. The third-order valence-corrected chi connectivity index (χ3v) is 6.69. The lowest BCUT2D eigenvalue weighted by atomic mass is 10.1. The first-order chi connectivity index (χ1) is 19.3. The van der Waals surface area contributed by atoms with Gasteiger partial charge in [-0.05, 0) is 77.9 Å². The molecule has 1 amide bonds. The molecular weight excluding hydrogens is 571 g/mol. The van der Waals surface area contributed by atoms with Crippen molar-refractivity contribution in [3.8, 4) is 23.3 Å². The van der Waals surface area contributed by atoms with Crippen molar-refractivity contribution < 1.29 is 19.0 Å². The van der Waals surface area contributed by atoms with Gasteiger partial charge >= 0.3 is 0 Å². The Morgan fingerprint density at radius 3 is 2.17 bits per heavy atom. The third-order valence-electron chi connectivity index (χ3n) is 5.69. The van der Waals surface area contributed by atoms with Crippen molar-refractivity contribution in [1.82, 2.24) is 0 Å². The molecule has 0 saturated heterocycles. The number of carbonyl (C=O) groups is 1. The van der Waals surface area contributed by atoms with Crippen molar-refractivity contribution >= 4 is 52.5 Å². The van der Waals surface area contributed by atoms with Gasteiger partial charge in [0.05, 0.1) is 17.2 Å². The number of amides is 1. The summed E-state index contributed by atoms with van der Waals surface area (Å²) in [6, 6.07) is 26.5. The quantitative estimate of drug-likeness (QED) is 0.148. The lowest BCUT2D eigenvalue weighted by Gasteiger charge is -2.12. The summed E-state index contributed by atoms with van der Waals surface area (Å²) < 4.78 is 17.1. The molecule has 0 aliphatic rings. The molecule has 0 atom stereocenters. The summed E-state index contributed by atoms with van der Waals surface area (Å²) in [4.78, 5) is 12.9. The van der Waals surface area contributed by atoms with E-state index in [2.05, 4.69) is 5.32 Å². The predicted molar refractivity (Wildman–Crippen MR) is 158 cm³/mol. The van der Waals surface area contributed by atoms with E-state index in [9.17, 15) is 10.1 Å². The Kier molecular flexibility index (Phi) is 9.93. The van der Waals surface area contributed by atoms with Gasteiger partial charge in [-0.15, -0.1) is 0 Å². The Balaban J connectivity index is 1.44. The largest absolute Gasteiger partial charge is 0.497 e. The van der Waals surface area contributed by atoms with Crippen LogP contribution in [0.15, 0.2) is 90.5 Å². The summed E-state index contributed by atoms with van der Waals surface area (Å²) in [6.45, 7) is 0.562. The average Bonchev–Trinajstić information content (AvgIpc) is 2.97. The minimum atomic E-state index is -0.566. The number of ether oxygens (including phenoxy) is 3. The number of methoxy groups -OCH3 is 1. The fourth-order valence-electron chi connectivity index (χ4n) is 3.56. The van der Waals surface area contributed by atoms with Crippen LogP contribution in [0.1, 0.15) is 16.7 Å². The summed E-state index contributed by atoms with van der Waals surface area (Å²) in [5.41, 5.74) is 2.71. The van der Waals surface area contributed by atoms with Crippen LogP contribution in [0.3, 0.4) is 0 Å². The van der Waals surface area contributed by atoms with Gasteiger partial charge in [-0.1, -0.05) is 53.0 Å². The molecular formula is C31H23Cl3N2O4. The lowest BCUT2D eigenvalue weighted by Crippen LogP contribution is -2.13. The van der Waals surface area contributed by atoms with Crippen molar-refractivity contribution in [2.45, 2.75) is 13.2 Å². The lowest BCUT2D eigenvalue weighted by molar-refractivity contribution is -0.112. The summed E-state index contributed by atoms with van der Waals surface area (Å²) in [6.07, 6.45) is 1.46. The number of hydrogen-bond donors (Lipinski definition) is 1. The van der Waals surface area contributed by atoms with E-state index in [0.717, 1.165) is 11.1 Å². The highest BCUT2D eigenvalue weighted by molar-refractivity contribution is 6.42. The topological polar surface area (TPSA) is 80.6 Å². The van der Waals surface area contributed by atoms with Crippen molar-refractivity contribution in [2.75, 3.05) is 12.4 Å². The number of nitrogens with zero attached hydrogens (tertiary/aromatic N) is 1. The molecule has 0 saturated carbocycles. The first-order valence-electron chi connectivity index (χ1n) is 12.0. The Hall–Kier alpha value is -4.15. The van der Waals surface area contributed by atoms with Crippen LogP contribution in [0.2, 0.25) is 15.1 Å². The van der Waals surface area contributed by atoms with Crippen LogP contribution in [-0.4, -0.2) is 13.0 Å². The fourth-order valence-corrected chi connectivity index (χ4v) is 4.01. The number of benzene rings is 4. The molecule has 4 aromatic rings. The van der Waals surface area contributed by atoms with Gasteiger partial charge in [-0.2, -0.15) is 5.26 Å². The minimum absolute atomic E-state index is 0.104. The van der Waals surface area contributed by atoms with Gasteiger partial charge in [0, 0.05) is 22.3 Å². The van der Waals surface area contributed by atoms with E-state index in [1.807, 2.05) is 18.2 Å². The van der Waals surface area contributed by atoms with Crippen molar-refractivity contribution in [3.05, 3.63) is 122 Å². The van der Waals surface area contributed by atoms with E-state index in [1.165, 1.54) is 13.2 Å². The van der Waals surface area contributed by atoms with Gasteiger partial charge in [0.15, 0.2) is 0 Å². The summed E-state index contributed by atoms with van der Waals surface area (Å²) in [7, 11) is 1.54. The Labute approximate surface area is 247 Å². The molecule has 6 nitrogen and oxygen atoms in total. The maximum absolute atomic E-state index is 12.9. The highest BCUT2D eigenvalue weighted by atomic mass is 35.5. The maximum atomic E-state index is 12.9. The van der Waals surface area contributed by atoms with Crippen LogP contribution in [0.25, 0.3) is 6.08 Å². The van der Waals surface area contributed by atoms with Gasteiger partial charge < -0.3 is 19.5 Å². The van der Waals surface area contributed by atoms with Gasteiger partial charge in [0.1, 0.15) is 42.1 Å². The van der Waals surface area contributed by atoms with E-state index in [4.69, 9.17) is 49.0 Å². The zero-order valence-electron chi connectivity index (χ0n) is 21.3. The van der Waals surface area contributed by atoms with E-state index in [1.54, 1.807) is 72.8 Å². The molecule has 202 valence electrons. The number of carbonyl (C=O) groups excluding carboxylic acids is 1. The van der Waals surface area contributed by atoms with Crippen molar-refractivity contribution in [1.29, 1.82) is 5.26 Å². The molecule has 0 heterocycles. The predicted octanol–water partition coefficient (Wildman–Crippen LogP) is 8.36. The van der Waals surface area contributed by atoms with Crippen molar-refractivity contribution in [2.24, 2.45) is 0 Å². The van der Waals surface area contributed by atoms with Crippen LogP contribution in [0.4, 0.5) is 5.69 Å². The third kappa shape index (κ3) is 7.93. The van der Waals surface area contributed by atoms with Gasteiger partial charge in [-0.25, -0.2) is 0 Å². The fraction of sp³-hybridized carbons (Fsp3) is 0.0968. The van der Waals surface area contributed by atoms with E-state index < -0.39 is 5.91 Å². The van der Waals surface area contributed by atoms with Crippen LogP contribution >= 0.6 is 34.8 Å². The van der Waals surface area contributed by atoms with Crippen LogP contribution < -0.4 is 19.5 Å². The van der Waals surface area contributed by atoms with Crippen LogP contribution in [0, 0.1) is 11.3 Å². The first kappa shape index (κ1) is 28.8. The van der Waals surface area contributed by atoms with Gasteiger partial charge in [-0.3, -0.25) is 4.79 Å². The van der Waals surface area contributed by atoms with Gasteiger partial charge in [0.2, 0.25) is 0 Å². The second kappa shape index (κ2) is 13.8. The molecule has 0 aliphatic carbocycles. The molecule has 0 bridgehead atoms. The van der Waals surface area contributed by atoms with Crippen LogP contribution in [-0.2, 0) is 18.0 Å². The summed E-state index contributed by atoms with van der Waals surface area (Å²) in [5.74, 6) is 1.05. The van der Waals surface area contributed by atoms with Gasteiger partial charge in [0.25, 0.3) is 5.91 Å². The maximum Gasteiger partial charge on any atom is 0.266 e. The second-order valence-corrected chi connectivity index (χ2v) is 9.76. The molecule has 1 N–H and O–H groups in total. The minimum Gasteiger partial charge on any atom is -0.497 e. The smallest absolute Gasteiger partial charge is 0.266 e. The first-order valence-corrected chi connectivity index (χ1v) is 13.1. The highest BCUT2D eigenvalue weighted by Gasteiger charge is 2.13. The molecule has 0 aromatic heterocycles. The number of anilines is 1. The Morgan fingerprint density at radius 1 is 0.825 bits per heavy atom. The highest BCUT2D eigenvalue weighted by Crippen LogP contribution is 2.29. The number of halogens is 3. The number of nitrogens with one attached hydrogen (secondary N) is 1. The standard InChI is InChI=1S/C31H23Cl3N2O4/c1-38-27-10-5-22(30(16-27)40-19-21-4-13-28(33)29(34)14-21)15-23(17-35)31(37)36-25-8-11-26(12-9-25)39-18-20-2-6-24(32)7-3-20/h2-16H,18-19H2,1H3,(H,36,37)/b23-15+. The van der Waals surface area contributed by atoms with E-state index in [0.29, 0.717) is 50.2 Å². The molecule has 0 fully saturated rings. The van der Waals surface area contributed by atoms with Crippen molar-refractivity contribution in [3.63, 3.8) is 0 Å². The number of nitriles is 1. The average molecular weight is 594 g/mol. The Bertz CT molecular complexity index is 1560. The monoisotopic (exact) mass is 592 g/mol. The normalized spacial score (nSPS) is 10.9. The molecule has 9 heteroatoms. The summed E-state index contributed by atoms with van der Waals surface area (Å²) >= 11 is 18.0. The van der Waals surface area contributed by atoms with Crippen LogP contribution in [0.5, 0.6) is 17.2 Å². The SMILES string of the molecule is COc1ccc(/C=C(\C#N)C(=O)Nc2ccc(OCc3ccc(Cl)cc3)cc2)c(OCc2ccc(Cl)c(Cl)c2)c1. The molecule has 4 rings (SSSR count). The molecule has 4 aromatic carbocycles. The molecule has 0 unspecified atom stereocenters. The number of rotatable bonds is 10. The molecule has 0 spiro atoms. The van der Waals surface area contributed by atoms with E-state index in [-0.39, 0.29) is 12.2 Å². The molecule has 0 aliphatic heterocycles. The second-order valence-electron chi connectivity index (χ2n) is 8.50. The van der Waals surface area contributed by atoms with E-state index >= 15 is 0 Å². The zero-order valence-corrected chi connectivity index (χ0v) is 23.6. The zero-order chi connectivity index (χ0) is 28.5. The summed E-state index contributed by atoms with van der Waals surface area (Å²) in [5, 5.41) is 14.0.